The molecule has 0 fully saturated rings. The van der Waals surface area contributed by atoms with Gasteiger partial charge in [0.1, 0.15) is 16.4 Å². The number of nitrogens with one attached hydrogen (secondary N) is 1. The van der Waals surface area contributed by atoms with Crippen LogP contribution in [0.1, 0.15) is 10.4 Å². The molecule has 0 atom stereocenters. The van der Waals surface area contributed by atoms with Gasteiger partial charge in [-0.2, -0.15) is 4.98 Å². The Kier molecular flexibility index (Phi) is 3.23. The van der Waals surface area contributed by atoms with Crippen molar-refractivity contribution in [2.24, 2.45) is 0 Å². The van der Waals surface area contributed by atoms with Crippen molar-refractivity contribution in [2.75, 3.05) is 5.32 Å². The summed E-state index contributed by atoms with van der Waals surface area (Å²) in [5.41, 5.74) is 1.81. The number of aromatic nitrogens is 2. The number of aryl methyl sites for hydroxylation is 2. The van der Waals surface area contributed by atoms with Gasteiger partial charge in [0.15, 0.2) is 0 Å². The van der Waals surface area contributed by atoms with Gasteiger partial charge in [-0.15, -0.1) is 11.3 Å². The van der Waals surface area contributed by atoms with Crippen molar-refractivity contribution in [3.05, 3.63) is 40.0 Å². The Morgan fingerprint density at radius 1 is 1.20 bits per heavy atom. The summed E-state index contributed by atoms with van der Waals surface area (Å²) in [7, 11) is 0. The molecule has 3 rings (SSSR count). The minimum absolute atomic E-state index is 0.221. The zero-order valence-corrected chi connectivity index (χ0v) is 12.5. The van der Waals surface area contributed by atoms with E-state index >= 15 is 0 Å². The molecule has 0 amide bonds. The van der Waals surface area contributed by atoms with Crippen LogP contribution in [0.15, 0.2) is 24.3 Å². The fraction of sp³-hybridized carbons (Fsp3) is 0.143. The molecule has 0 unspecified atom stereocenters. The Morgan fingerprint density at radius 2 is 2.00 bits per heavy atom. The monoisotopic (exact) mass is 305 g/mol. The van der Waals surface area contributed by atoms with E-state index in [1.165, 1.54) is 0 Å². The van der Waals surface area contributed by atoms with Crippen LogP contribution in [-0.2, 0) is 0 Å². The Morgan fingerprint density at radius 3 is 2.75 bits per heavy atom. The van der Waals surface area contributed by atoms with Gasteiger partial charge in [-0.3, -0.25) is 0 Å². The second-order valence-corrected chi connectivity index (χ2v) is 6.11. The molecule has 0 aliphatic carbocycles. The van der Waals surface area contributed by atoms with Crippen molar-refractivity contribution in [2.45, 2.75) is 13.8 Å². The van der Waals surface area contributed by atoms with Gasteiger partial charge in [-0.1, -0.05) is 0 Å². The quantitative estimate of drug-likeness (QED) is 0.544. The van der Waals surface area contributed by atoms with Crippen molar-refractivity contribution >= 4 is 44.7 Å². The van der Waals surface area contributed by atoms with E-state index in [0.29, 0.717) is 5.82 Å². The fourth-order valence-electron chi connectivity index (χ4n) is 2.03. The molecular formula is C14H12ClN3OS. The Bertz CT molecular complexity index is 800. The molecule has 20 heavy (non-hydrogen) atoms. The van der Waals surface area contributed by atoms with Crippen LogP contribution < -0.4 is 5.32 Å². The number of rotatable bonds is 2. The largest absolute Gasteiger partial charge is 0.508 e. The molecule has 102 valence electrons. The number of aromatic hydroxyl groups is 1. The van der Waals surface area contributed by atoms with Gasteiger partial charge < -0.3 is 10.4 Å². The maximum absolute atomic E-state index is 9.45. The second-order valence-electron chi connectivity index (χ2n) is 4.54. The highest BCUT2D eigenvalue weighted by molar-refractivity contribution is 7.18. The number of fused-ring (bicyclic) bond motifs is 1. The van der Waals surface area contributed by atoms with Gasteiger partial charge in [0.25, 0.3) is 0 Å². The summed E-state index contributed by atoms with van der Waals surface area (Å²) in [6.45, 7) is 3.94. The Balaban J connectivity index is 2.10. The highest BCUT2D eigenvalue weighted by atomic mass is 35.5. The molecule has 2 heterocycles. The highest BCUT2D eigenvalue weighted by Gasteiger charge is 2.11. The minimum Gasteiger partial charge on any atom is -0.508 e. The van der Waals surface area contributed by atoms with E-state index in [4.69, 9.17) is 11.6 Å². The molecular weight excluding hydrogens is 294 g/mol. The number of thiophene rings is 1. The summed E-state index contributed by atoms with van der Waals surface area (Å²) in [5.74, 6) is 0.920. The Labute approximate surface area is 125 Å². The van der Waals surface area contributed by atoms with Gasteiger partial charge in [0.05, 0.1) is 5.39 Å². The SMILES string of the molecule is Cc1cc2c(Nc3ccc(O)cc3C)nc(Cl)nc2s1. The predicted molar refractivity (Wildman–Crippen MR) is 83.3 cm³/mol. The van der Waals surface area contributed by atoms with Crippen molar-refractivity contribution in [3.8, 4) is 5.75 Å². The number of hydrogen-bond acceptors (Lipinski definition) is 5. The van der Waals surface area contributed by atoms with Crippen molar-refractivity contribution in [1.29, 1.82) is 0 Å². The topological polar surface area (TPSA) is 58.0 Å². The third kappa shape index (κ3) is 2.42. The average molecular weight is 306 g/mol. The summed E-state index contributed by atoms with van der Waals surface area (Å²) in [6, 6.07) is 7.18. The van der Waals surface area contributed by atoms with Gasteiger partial charge in [-0.05, 0) is 55.3 Å². The average Bonchev–Trinajstić information content (AvgIpc) is 2.73. The molecule has 6 heteroatoms. The number of benzene rings is 1. The number of phenols is 1. The lowest BCUT2D eigenvalue weighted by Crippen LogP contribution is -1.97. The van der Waals surface area contributed by atoms with Crippen molar-refractivity contribution in [3.63, 3.8) is 0 Å². The van der Waals surface area contributed by atoms with Crippen LogP contribution in [0, 0.1) is 13.8 Å². The van der Waals surface area contributed by atoms with Crippen LogP contribution in [0.25, 0.3) is 10.2 Å². The first kappa shape index (κ1) is 13.1. The van der Waals surface area contributed by atoms with E-state index in [-0.39, 0.29) is 11.0 Å². The van der Waals surface area contributed by atoms with Crippen LogP contribution in [0.4, 0.5) is 11.5 Å². The van der Waals surface area contributed by atoms with Crippen LogP contribution in [0.5, 0.6) is 5.75 Å². The standard InChI is InChI=1S/C14H12ClN3OS/c1-7-5-9(19)3-4-11(7)16-12-10-6-8(2)20-13(10)18-14(15)17-12/h3-6,19H,1-2H3,(H,16,17,18). The summed E-state index contributed by atoms with van der Waals surface area (Å²) in [5, 5.41) is 13.9. The number of hydrogen-bond donors (Lipinski definition) is 2. The van der Waals surface area contributed by atoms with Crippen LogP contribution in [0.2, 0.25) is 5.28 Å². The second kappa shape index (κ2) is 4.92. The lowest BCUT2D eigenvalue weighted by Gasteiger charge is -2.10. The Hall–Kier alpha value is -1.85. The molecule has 0 saturated carbocycles. The first-order chi connectivity index (χ1) is 9.52. The highest BCUT2D eigenvalue weighted by Crippen LogP contribution is 2.32. The normalized spacial score (nSPS) is 10.9. The van der Waals surface area contributed by atoms with Gasteiger partial charge in [0, 0.05) is 10.6 Å². The summed E-state index contributed by atoms with van der Waals surface area (Å²) in [4.78, 5) is 10.5. The fourth-order valence-corrected chi connectivity index (χ4v) is 3.13. The maximum atomic E-state index is 9.45. The summed E-state index contributed by atoms with van der Waals surface area (Å²) < 4.78 is 0. The zero-order chi connectivity index (χ0) is 14.3. The van der Waals surface area contributed by atoms with E-state index < -0.39 is 0 Å². The maximum Gasteiger partial charge on any atom is 0.225 e. The van der Waals surface area contributed by atoms with E-state index in [1.54, 1.807) is 23.5 Å². The first-order valence-corrected chi connectivity index (χ1v) is 7.23. The van der Waals surface area contributed by atoms with Crippen molar-refractivity contribution in [1.82, 2.24) is 9.97 Å². The molecule has 2 aromatic heterocycles. The molecule has 0 saturated heterocycles. The van der Waals surface area contributed by atoms with Crippen LogP contribution in [-0.4, -0.2) is 15.1 Å². The van der Waals surface area contributed by atoms with E-state index in [0.717, 1.165) is 26.3 Å². The summed E-state index contributed by atoms with van der Waals surface area (Å²) >= 11 is 7.55. The number of nitrogens with zero attached hydrogens (tertiary/aromatic N) is 2. The van der Waals surface area contributed by atoms with Crippen LogP contribution in [0.3, 0.4) is 0 Å². The van der Waals surface area contributed by atoms with E-state index in [9.17, 15) is 5.11 Å². The van der Waals surface area contributed by atoms with Gasteiger partial charge in [-0.25, -0.2) is 4.98 Å². The molecule has 0 aliphatic heterocycles. The van der Waals surface area contributed by atoms with Gasteiger partial charge >= 0.3 is 0 Å². The van der Waals surface area contributed by atoms with Gasteiger partial charge in [0.2, 0.25) is 5.28 Å². The molecule has 0 radical (unpaired) electrons. The first-order valence-electron chi connectivity index (χ1n) is 6.03. The minimum atomic E-state index is 0.221. The third-order valence-electron chi connectivity index (χ3n) is 2.95. The molecule has 3 aromatic rings. The molecule has 2 N–H and O–H groups in total. The van der Waals surface area contributed by atoms with E-state index in [1.807, 2.05) is 26.0 Å². The third-order valence-corrected chi connectivity index (χ3v) is 4.07. The number of anilines is 2. The van der Waals surface area contributed by atoms with Crippen molar-refractivity contribution < 1.29 is 5.11 Å². The predicted octanol–water partition coefficient (Wildman–Crippen LogP) is 4.41. The number of halogens is 1. The molecule has 4 nitrogen and oxygen atoms in total. The number of phenolic OH excluding ortho intramolecular Hbond substituents is 1. The molecule has 0 aliphatic rings. The summed E-state index contributed by atoms with van der Waals surface area (Å²) in [6.07, 6.45) is 0. The lowest BCUT2D eigenvalue weighted by atomic mass is 10.2. The smallest absolute Gasteiger partial charge is 0.225 e. The zero-order valence-electron chi connectivity index (χ0n) is 10.9. The van der Waals surface area contributed by atoms with E-state index in [2.05, 4.69) is 15.3 Å². The molecule has 0 bridgehead atoms. The lowest BCUT2D eigenvalue weighted by molar-refractivity contribution is 0.475. The molecule has 0 spiro atoms. The molecule has 1 aromatic carbocycles. The van der Waals surface area contributed by atoms with Crippen LogP contribution >= 0.6 is 22.9 Å².